The maximum Gasteiger partial charge on any atom is 0.260 e. The minimum Gasteiger partial charge on any atom is -0.483 e. The maximum absolute atomic E-state index is 12.4. The number of rotatable bonds is 7. The fraction of sp³-hybridized carbons (Fsp3) is 0.444. The Bertz CT molecular complexity index is 733. The van der Waals surface area contributed by atoms with E-state index in [0.29, 0.717) is 30.8 Å². The average Bonchev–Trinajstić information content (AvgIpc) is 2.57. The van der Waals surface area contributed by atoms with E-state index < -0.39 is 0 Å². The van der Waals surface area contributed by atoms with Gasteiger partial charge in [-0.3, -0.25) is 9.59 Å². The molecule has 1 aromatic heterocycles. The van der Waals surface area contributed by atoms with Gasteiger partial charge in [0.1, 0.15) is 5.75 Å². The number of carbonyl (C=O) groups excluding carboxylic acids is 1. The van der Waals surface area contributed by atoms with Gasteiger partial charge in [-0.2, -0.15) is 0 Å². The Labute approximate surface area is 136 Å². The van der Waals surface area contributed by atoms with Crippen molar-refractivity contribution in [3.8, 4) is 5.75 Å². The number of carbonyl (C=O) groups is 1. The standard InChI is InChI=1S/C18H24N2O3/c1-4-11-20-12-10-14-15(18(20)22)8-7-9-16(14)23-13-17(21)19(5-2)6-3/h7-10,12H,4-6,11,13H2,1-3H3. The molecular weight excluding hydrogens is 292 g/mol. The Balaban J connectivity index is 2.27. The van der Waals surface area contributed by atoms with E-state index >= 15 is 0 Å². The first-order valence-electron chi connectivity index (χ1n) is 8.15. The van der Waals surface area contributed by atoms with Crippen LogP contribution >= 0.6 is 0 Å². The molecule has 0 atom stereocenters. The number of amides is 1. The van der Waals surface area contributed by atoms with E-state index in [1.807, 2.05) is 26.8 Å². The van der Waals surface area contributed by atoms with Gasteiger partial charge in [-0.25, -0.2) is 0 Å². The molecule has 0 unspecified atom stereocenters. The molecule has 5 heteroatoms. The lowest BCUT2D eigenvalue weighted by molar-refractivity contribution is -0.132. The van der Waals surface area contributed by atoms with Crippen LogP contribution in [0.25, 0.3) is 10.8 Å². The Hall–Kier alpha value is -2.30. The molecule has 0 N–H and O–H groups in total. The number of aryl methyl sites for hydroxylation is 1. The zero-order chi connectivity index (χ0) is 16.8. The molecule has 1 amide bonds. The summed E-state index contributed by atoms with van der Waals surface area (Å²) in [4.78, 5) is 26.2. The molecule has 0 aliphatic heterocycles. The number of hydrogen-bond donors (Lipinski definition) is 0. The molecule has 2 aromatic rings. The van der Waals surface area contributed by atoms with Gasteiger partial charge in [0.2, 0.25) is 0 Å². The SMILES string of the molecule is CCCn1ccc2c(OCC(=O)N(CC)CC)cccc2c1=O. The molecule has 0 spiro atoms. The first kappa shape index (κ1) is 17.1. The number of aromatic nitrogens is 1. The van der Waals surface area contributed by atoms with Gasteiger partial charge in [-0.05, 0) is 38.5 Å². The first-order chi connectivity index (χ1) is 11.1. The summed E-state index contributed by atoms with van der Waals surface area (Å²) in [6.45, 7) is 7.92. The highest BCUT2D eigenvalue weighted by Gasteiger charge is 2.12. The topological polar surface area (TPSA) is 51.5 Å². The minimum atomic E-state index is -0.0497. The Morgan fingerprint density at radius 3 is 2.52 bits per heavy atom. The predicted molar refractivity (Wildman–Crippen MR) is 91.9 cm³/mol. The average molecular weight is 316 g/mol. The number of likely N-dealkylation sites (N-methyl/N-ethyl adjacent to an activating group) is 1. The summed E-state index contributed by atoms with van der Waals surface area (Å²) in [7, 11) is 0. The normalized spacial score (nSPS) is 10.7. The van der Waals surface area contributed by atoms with E-state index in [2.05, 4.69) is 0 Å². The quantitative estimate of drug-likeness (QED) is 0.789. The van der Waals surface area contributed by atoms with E-state index in [1.54, 1.807) is 33.9 Å². The molecule has 1 aromatic carbocycles. The van der Waals surface area contributed by atoms with E-state index in [-0.39, 0.29) is 18.1 Å². The Morgan fingerprint density at radius 1 is 1.13 bits per heavy atom. The van der Waals surface area contributed by atoms with Crippen LogP contribution < -0.4 is 10.3 Å². The van der Waals surface area contributed by atoms with Gasteiger partial charge < -0.3 is 14.2 Å². The van der Waals surface area contributed by atoms with Crippen LogP contribution in [0.1, 0.15) is 27.2 Å². The second-order valence-electron chi connectivity index (χ2n) is 5.39. The molecule has 0 radical (unpaired) electrons. The third kappa shape index (κ3) is 3.73. The molecule has 124 valence electrons. The zero-order valence-electron chi connectivity index (χ0n) is 14.0. The van der Waals surface area contributed by atoms with Crippen LogP contribution in [-0.4, -0.2) is 35.1 Å². The van der Waals surface area contributed by atoms with E-state index in [9.17, 15) is 9.59 Å². The molecule has 1 heterocycles. The van der Waals surface area contributed by atoms with Crippen LogP contribution in [0.3, 0.4) is 0 Å². The Kier molecular flexibility index (Phi) is 5.79. The van der Waals surface area contributed by atoms with Crippen LogP contribution in [0.4, 0.5) is 0 Å². The van der Waals surface area contributed by atoms with Crippen molar-refractivity contribution in [1.82, 2.24) is 9.47 Å². The first-order valence-corrected chi connectivity index (χ1v) is 8.15. The second kappa shape index (κ2) is 7.81. The number of nitrogens with zero attached hydrogens (tertiary/aromatic N) is 2. The van der Waals surface area contributed by atoms with E-state index in [4.69, 9.17) is 4.74 Å². The van der Waals surface area contributed by atoms with Gasteiger partial charge in [0, 0.05) is 31.2 Å². The molecule has 0 fully saturated rings. The fourth-order valence-corrected chi connectivity index (χ4v) is 2.64. The lowest BCUT2D eigenvalue weighted by atomic mass is 10.1. The highest BCUT2D eigenvalue weighted by atomic mass is 16.5. The van der Waals surface area contributed by atoms with Crippen molar-refractivity contribution >= 4 is 16.7 Å². The smallest absolute Gasteiger partial charge is 0.260 e. The molecule has 5 nitrogen and oxygen atoms in total. The van der Waals surface area contributed by atoms with Crippen molar-refractivity contribution in [3.05, 3.63) is 40.8 Å². The Morgan fingerprint density at radius 2 is 1.87 bits per heavy atom. The van der Waals surface area contributed by atoms with Crippen molar-refractivity contribution in [3.63, 3.8) is 0 Å². The number of hydrogen-bond acceptors (Lipinski definition) is 3. The summed E-state index contributed by atoms with van der Waals surface area (Å²) < 4.78 is 7.38. The summed E-state index contributed by atoms with van der Waals surface area (Å²) in [5.41, 5.74) is -0.0233. The van der Waals surface area contributed by atoms with Gasteiger partial charge >= 0.3 is 0 Å². The molecule has 0 saturated heterocycles. The highest BCUT2D eigenvalue weighted by molar-refractivity contribution is 5.88. The third-order valence-electron chi connectivity index (χ3n) is 3.91. The van der Waals surface area contributed by atoms with Gasteiger partial charge in [0.25, 0.3) is 11.5 Å². The van der Waals surface area contributed by atoms with Crippen LogP contribution in [-0.2, 0) is 11.3 Å². The maximum atomic E-state index is 12.4. The van der Waals surface area contributed by atoms with Crippen LogP contribution in [0, 0.1) is 0 Å². The molecule has 23 heavy (non-hydrogen) atoms. The second-order valence-corrected chi connectivity index (χ2v) is 5.39. The number of fused-ring (bicyclic) bond motifs is 1. The summed E-state index contributed by atoms with van der Waals surface area (Å²) in [5, 5.41) is 1.37. The predicted octanol–water partition coefficient (Wildman–Crippen LogP) is 2.66. The summed E-state index contributed by atoms with van der Waals surface area (Å²) in [6, 6.07) is 7.26. The summed E-state index contributed by atoms with van der Waals surface area (Å²) in [6.07, 6.45) is 2.69. The molecule has 0 aliphatic rings. The van der Waals surface area contributed by atoms with Crippen molar-refractivity contribution < 1.29 is 9.53 Å². The number of ether oxygens (including phenoxy) is 1. The van der Waals surface area contributed by atoms with Crippen molar-refractivity contribution in [2.75, 3.05) is 19.7 Å². The molecule has 2 rings (SSSR count). The van der Waals surface area contributed by atoms with Gasteiger partial charge in [0.15, 0.2) is 6.61 Å². The number of pyridine rings is 1. The molecule has 0 bridgehead atoms. The van der Waals surface area contributed by atoms with Crippen LogP contribution in [0.5, 0.6) is 5.75 Å². The lowest BCUT2D eigenvalue weighted by Crippen LogP contribution is -2.34. The van der Waals surface area contributed by atoms with Crippen molar-refractivity contribution in [2.24, 2.45) is 0 Å². The lowest BCUT2D eigenvalue weighted by Gasteiger charge is -2.19. The van der Waals surface area contributed by atoms with E-state index in [1.165, 1.54) is 0 Å². The van der Waals surface area contributed by atoms with Gasteiger partial charge in [-0.1, -0.05) is 13.0 Å². The number of benzene rings is 1. The van der Waals surface area contributed by atoms with E-state index in [0.717, 1.165) is 11.8 Å². The molecule has 0 aliphatic carbocycles. The fourth-order valence-electron chi connectivity index (χ4n) is 2.64. The highest BCUT2D eigenvalue weighted by Crippen LogP contribution is 2.23. The molecule has 0 saturated carbocycles. The van der Waals surface area contributed by atoms with Crippen molar-refractivity contribution in [1.29, 1.82) is 0 Å². The summed E-state index contributed by atoms with van der Waals surface area (Å²) >= 11 is 0. The van der Waals surface area contributed by atoms with Gasteiger partial charge in [-0.15, -0.1) is 0 Å². The monoisotopic (exact) mass is 316 g/mol. The van der Waals surface area contributed by atoms with Crippen LogP contribution in [0.2, 0.25) is 0 Å². The largest absolute Gasteiger partial charge is 0.483 e. The third-order valence-corrected chi connectivity index (χ3v) is 3.91. The zero-order valence-corrected chi connectivity index (χ0v) is 14.0. The molecular formula is C18H24N2O3. The minimum absolute atomic E-state index is 0.0150. The van der Waals surface area contributed by atoms with Crippen molar-refractivity contribution in [2.45, 2.75) is 33.7 Å². The van der Waals surface area contributed by atoms with Crippen LogP contribution in [0.15, 0.2) is 35.3 Å². The summed E-state index contributed by atoms with van der Waals surface area (Å²) in [5.74, 6) is 0.523. The van der Waals surface area contributed by atoms with Gasteiger partial charge in [0.05, 0.1) is 5.39 Å².